The van der Waals surface area contributed by atoms with Crippen LogP contribution in [0.1, 0.15) is 32.1 Å². The second-order valence-electron chi connectivity index (χ2n) is 6.27. The molecule has 1 saturated heterocycles. The van der Waals surface area contributed by atoms with Crippen molar-refractivity contribution in [3.63, 3.8) is 0 Å². The molecule has 2 atom stereocenters. The van der Waals surface area contributed by atoms with Crippen molar-refractivity contribution in [2.45, 2.75) is 37.0 Å². The maximum absolute atomic E-state index is 11.6. The number of rotatable bonds is 2. The van der Waals surface area contributed by atoms with E-state index in [-0.39, 0.29) is 10.6 Å². The van der Waals surface area contributed by atoms with Gasteiger partial charge in [0.25, 0.3) is 0 Å². The molecule has 0 spiro atoms. The van der Waals surface area contributed by atoms with Crippen LogP contribution >= 0.6 is 0 Å². The number of sulfonamides is 1. The molecule has 1 aromatic carbocycles. The van der Waals surface area contributed by atoms with Gasteiger partial charge >= 0.3 is 0 Å². The SMILES string of the molecule is Nc1c(N2CCC3CCCCC3C2)cccc1S(N)(=O)=O. The first-order valence-electron chi connectivity index (χ1n) is 7.63. The van der Waals surface area contributed by atoms with E-state index in [1.807, 2.05) is 6.07 Å². The largest absolute Gasteiger partial charge is 0.396 e. The molecule has 0 radical (unpaired) electrons. The van der Waals surface area contributed by atoms with E-state index in [1.165, 1.54) is 38.2 Å². The van der Waals surface area contributed by atoms with Crippen molar-refractivity contribution in [1.82, 2.24) is 0 Å². The van der Waals surface area contributed by atoms with E-state index < -0.39 is 10.0 Å². The van der Waals surface area contributed by atoms with Crippen molar-refractivity contribution < 1.29 is 8.42 Å². The van der Waals surface area contributed by atoms with Crippen molar-refractivity contribution in [3.8, 4) is 0 Å². The normalized spacial score (nSPS) is 26.4. The molecule has 3 rings (SSSR count). The Hall–Kier alpha value is -1.27. The molecule has 0 aromatic heterocycles. The molecule has 116 valence electrons. The highest BCUT2D eigenvalue weighted by Crippen LogP contribution is 2.39. The summed E-state index contributed by atoms with van der Waals surface area (Å²) in [6.45, 7) is 1.92. The first kappa shape index (κ1) is 14.7. The molecule has 2 unspecified atom stereocenters. The van der Waals surface area contributed by atoms with Crippen LogP contribution in [0.15, 0.2) is 23.1 Å². The van der Waals surface area contributed by atoms with Crippen molar-refractivity contribution >= 4 is 21.4 Å². The van der Waals surface area contributed by atoms with E-state index in [4.69, 9.17) is 10.9 Å². The fourth-order valence-electron chi connectivity index (χ4n) is 3.88. The number of benzene rings is 1. The summed E-state index contributed by atoms with van der Waals surface area (Å²) in [4.78, 5) is 2.27. The predicted octanol–water partition coefficient (Wildman–Crippen LogP) is 1.93. The van der Waals surface area contributed by atoms with Crippen LogP contribution in [-0.4, -0.2) is 21.5 Å². The van der Waals surface area contributed by atoms with E-state index in [2.05, 4.69) is 4.90 Å². The van der Waals surface area contributed by atoms with E-state index in [0.29, 0.717) is 5.92 Å². The first-order valence-corrected chi connectivity index (χ1v) is 9.17. The third-order valence-electron chi connectivity index (χ3n) is 4.98. The van der Waals surface area contributed by atoms with E-state index >= 15 is 0 Å². The lowest BCUT2D eigenvalue weighted by Gasteiger charge is -2.42. The number of hydrogen-bond donors (Lipinski definition) is 2. The topological polar surface area (TPSA) is 89.4 Å². The molecular formula is C15H23N3O2S. The number of para-hydroxylation sites is 1. The minimum atomic E-state index is -3.77. The lowest BCUT2D eigenvalue weighted by atomic mass is 9.75. The van der Waals surface area contributed by atoms with Crippen molar-refractivity contribution in [2.75, 3.05) is 23.7 Å². The van der Waals surface area contributed by atoms with Gasteiger partial charge in [-0.1, -0.05) is 25.3 Å². The van der Waals surface area contributed by atoms with Crippen molar-refractivity contribution in [2.24, 2.45) is 17.0 Å². The Morgan fingerprint density at radius 3 is 2.52 bits per heavy atom. The fourth-order valence-corrected chi connectivity index (χ4v) is 4.56. The highest BCUT2D eigenvalue weighted by molar-refractivity contribution is 7.89. The van der Waals surface area contributed by atoms with Gasteiger partial charge in [-0.2, -0.15) is 0 Å². The van der Waals surface area contributed by atoms with Gasteiger partial charge in [-0.3, -0.25) is 0 Å². The second kappa shape index (κ2) is 5.50. The number of primary sulfonamides is 1. The van der Waals surface area contributed by atoms with Gasteiger partial charge in [-0.15, -0.1) is 0 Å². The number of nitrogen functional groups attached to an aromatic ring is 1. The average Bonchev–Trinajstić information content (AvgIpc) is 2.46. The van der Waals surface area contributed by atoms with Gasteiger partial charge in [0, 0.05) is 13.1 Å². The molecule has 0 amide bonds. The molecule has 6 heteroatoms. The van der Waals surface area contributed by atoms with Gasteiger partial charge < -0.3 is 10.6 Å². The van der Waals surface area contributed by atoms with Crippen LogP contribution in [-0.2, 0) is 10.0 Å². The Labute approximate surface area is 126 Å². The van der Waals surface area contributed by atoms with Gasteiger partial charge in [0.05, 0.1) is 11.4 Å². The highest BCUT2D eigenvalue weighted by Gasteiger charge is 2.32. The van der Waals surface area contributed by atoms with Crippen LogP contribution in [0.2, 0.25) is 0 Å². The third-order valence-corrected chi connectivity index (χ3v) is 5.95. The highest BCUT2D eigenvalue weighted by atomic mass is 32.2. The minimum Gasteiger partial charge on any atom is -0.396 e. The van der Waals surface area contributed by atoms with Gasteiger partial charge in [0.2, 0.25) is 10.0 Å². The Balaban J connectivity index is 1.88. The molecule has 1 heterocycles. The van der Waals surface area contributed by atoms with Gasteiger partial charge in [-0.05, 0) is 36.8 Å². The lowest BCUT2D eigenvalue weighted by molar-refractivity contribution is 0.202. The summed E-state index contributed by atoms with van der Waals surface area (Å²) in [6, 6.07) is 5.09. The maximum atomic E-state index is 11.6. The summed E-state index contributed by atoms with van der Waals surface area (Å²) in [7, 11) is -3.77. The summed E-state index contributed by atoms with van der Waals surface area (Å²) >= 11 is 0. The van der Waals surface area contributed by atoms with E-state index in [1.54, 1.807) is 6.07 Å². The molecule has 1 aliphatic carbocycles. The van der Waals surface area contributed by atoms with Crippen LogP contribution in [0, 0.1) is 11.8 Å². The number of piperidine rings is 1. The Bertz CT molecular complexity index is 630. The number of hydrogen-bond acceptors (Lipinski definition) is 4. The number of anilines is 2. The molecule has 1 aliphatic heterocycles. The lowest BCUT2D eigenvalue weighted by Crippen LogP contribution is -2.42. The Morgan fingerprint density at radius 2 is 1.81 bits per heavy atom. The first-order chi connectivity index (χ1) is 9.97. The van der Waals surface area contributed by atoms with Crippen LogP contribution in [0.5, 0.6) is 0 Å². The monoisotopic (exact) mass is 309 g/mol. The van der Waals surface area contributed by atoms with Crippen LogP contribution in [0.25, 0.3) is 0 Å². The summed E-state index contributed by atoms with van der Waals surface area (Å²) in [6.07, 6.45) is 6.44. The molecule has 21 heavy (non-hydrogen) atoms. The molecule has 1 saturated carbocycles. The molecule has 0 bridgehead atoms. The van der Waals surface area contributed by atoms with Gasteiger partial charge in [0.1, 0.15) is 4.90 Å². The molecule has 2 aliphatic rings. The zero-order chi connectivity index (χ0) is 15.0. The minimum absolute atomic E-state index is 0.0331. The number of nitrogens with two attached hydrogens (primary N) is 2. The quantitative estimate of drug-likeness (QED) is 0.817. The summed E-state index contributed by atoms with van der Waals surface area (Å²) in [5.41, 5.74) is 7.16. The second-order valence-corrected chi connectivity index (χ2v) is 7.80. The molecule has 5 nitrogen and oxygen atoms in total. The van der Waals surface area contributed by atoms with Crippen LogP contribution in [0.3, 0.4) is 0 Å². The summed E-state index contributed by atoms with van der Waals surface area (Å²) in [5.74, 6) is 1.54. The molecule has 1 aromatic rings. The van der Waals surface area contributed by atoms with Crippen LogP contribution in [0.4, 0.5) is 11.4 Å². The average molecular weight is 309 g/mol. The molecular weight excluding hydrogens is 286 g/mol. The van der Waals surface area contributed by atoms with E-state index in [0.717, 1.165) is 24.7 Å². The number of fused-ring (bicyclic) bond motifs is 1. The molecule has 4 N–H and O–H groups in total. The molecule has 2 fully saturated rings. The van der Waals surface area contributed by atoms with E-state index in [9.17, 15) is 8.42 Å². The number of nitrogens with zero attached hydrogens (tertiary/aromatic N) is 1. The Morgan fingerprint density at radius 1 is 1.10 bits per heavy atom. The summed E-state index contributed by atoms with van der Waals surface area (Å²) < 4.78 is 23.2. The predicted molar refractivity (Wildman–Crippen MR) is 84.5 cm³/mol. The van der Waals surface area contributed by atoms with Gasteiger partial charge in [-0.25, -0.2) is 13.6 Å². The maximum Gasteiger partial charge on any atom is 0.240 e. The standard InChI is InChI=1S/C15H23N3O2S/c16-15-13(6-3-7-14(15)21(17,19)20)18-9-8-11-4-1-2-5-12(11)10-18/h3,6-7,11-12H,1-2,4-5,8-10,16H2,(H2,17,19,20). The fraction of sp³-hybridized carbons (Fsp3) is 0.600. The third kappa shape index (κ3) is 2.87. The summed E-state index contributed by atoms with van der Waals surface area (Å²) in [5, 5.41) is 5.24. The Kier molecular flexibility index (Phi) is 3.84. The van der Waals surface area contributed by atoms with Gasteiger partial charge in [0.15, 0.2) is 0 Å². The van der Waals surface area contributed by atoms with Crippen molar-refractivity contribution in [1.29, 1.82) is 0 Å². The van der Waals surface area contributed by atoms with Crippen molar-refractivity contribution in [3.05, 3.63) is 18.2 Å². The zero-order valence-electron chi connectivity index (χ0n) is 12.2. The van der Waals surface area contributed by atoms with Crippen LogP contribution < -0.4 is 15.8 Å². The smallest absolute Gasteiger partial charge is 0.240 e. The zero-order valence-corrected chi connectivity index (χ0v) is 13.0.